The first-order valence-corrected chi connectivity index (χ1v) is 12.7. The average molecular weight is 455 g/mol. The lowest BCUT2D eigenvalue weighted by molar-refractivity contribution is 0.411. The fourth-order valence-corrected chi connectivity index (χ4v) is 5.86. The molecule has 0 spiro atoms. The molecule has 1 aliphatic carbocycles. The molecule has 1 aliphatic rings. The van der Waals surface area contributed by atoms with Gasteiger partial charge < -0.3 is 4.74 Å². The van der Waals surface area contributed by atoms with E-state index in [1.165, 1.54) is 37.7 Å². The number of rotatable bonds is 6. The Bertz CT molecular complexity index is 1130. The van der Waals surface area contributed by atoms with E-state index < -0.39 is 9.84 Å². The highest BCUT2D eigenvalue weighted by Gasteiger charge is 2.20. The molecule has 0 atom stereocenters. The van der Waals surface area contributed by atoms with Gasteiger partial charge in [-0.25, -0.2) is 8.42 Å². The molecule has 0 unspecified atom stereocenters. The zero-order chi connectivity index (χ0) is 21.8. The lowest BCUT2D eigenvalue weighted by atomic mass is 9.84. The fourth-order valence-electron chi connectivity index (χ4n) is 4.38. The van der Waals surface area contributed by atoms with E-state index in [0.717, 1.165) is 11.1 Å². The highest BCUT2D eigenvalue weighted by atomic mass is 35.5. The highest BCUT2D eigenvalue weighted by Crippen LogP contribution is 2.34. The van der Waals surface area contributed by atoms with Crippen LogP contribution in [0.4, 0.5) is 0 Å². The third-order valence-electron chi connectivity index (χ3n) is 6.12. The third kappa shape index (κ3) is 5.13. The maximum atomic E-state index is 13.2. The van der Waals surface area contributed by atoms with Gasteiger partial charge >= 0.3 is 0 Å². The Kier molecular flexibility index (Phi) is 6.68. The number of sulfone groups is 1. The quantitative estimate of drug-likeness (QED) is 0.401. The molecule has 3 aromatic carbocycles. The second-order valence-corrected chi connectivity index (χ2v) is 10.6. The summed E-state index contributed by atoms with van der Waals surface area (Å²) in [4.78, 5) is 0.353. The van der Waals surface area contributed by atoms with Crippen molar-refractivity contribution in [3.8, 4) is 16.9 Å². The molecule has 31 heavy (non-hydrogen) atoms. The molecule has 3 nitrogen and oxygen atoms in total. The van der Waals surface area contributed by atoms with Gasteiger partial charge in [-0.1, -0.05) is 61.2 Å². The molecule has 162 valence electrons. The van der Waals surface area contributed by atoms with Crippen molar-refractivity contribution in [2.75, 3.05) is 7.11 Å². The first-order valence-electron chi connectivity index (χ1n) is 10.7. The molecule has 0 saturated heterocycles. The summed E-state index contributed by atoms with van der Waals surface area (Å²) in [6, 6.07) is 20.6. The molecule has 1 saturated carbocycles. The summed E-state index contributed by atoms with van der Waals surface area (Å²) < 4.78 is 31.8. The molecule has 0 aromatic heterocycles. The number of hydrogen-bond donors (Lipinski definition) is 0. The van der Waals surface area contributed by atoms with Crippen molar-refractivity contribution in [1.29, 1.82) is 0 Å². The predicted octanol–water partition coefficient (Wildman–Crippen LogP) is 7.04. The summed E-state index contributed by atoms with van der Waals surface area (Å²) in [5.74, 6) is 1.02. The van der Waals surface area contributed by atoms with E-state index in [-0.39, 0.29) is 5.75 Å². The van der Waals surface area contributed by atoms with Crippen molar-refractivity contribution in [1.82, 2.24) is 0 Å². The second-order valence-electron chi connectivity index (χ2n) is 8.20. The molecule has 0 radical (unpaired) electrons. The molecule has 0 heterocycles. The predicted molar refractivity (Wildman–Crippen MR) is 127 cm³/mol. The van der Waals surface area contributed by atoms with Crippen LogP contribution in [0.3, 0.4) is 0 Å². The minimum atomic E-state index is -3.50. The average Bonchev–Trinajstić information content (AvgIpc) is 2.80. The van der Waals surface area contributed by atoms with Crippen molar-refractivity contribution in [3.63, 3.8) is 0 Å². The minimum Gasteiger partial charge on any atom is -0.496 e. The summed E-state index contributed by atoms with van der Waals surface area (Å²) in [6.07, 6.45) is 6.21. The van der Waals surface area contributed by atoms with Crippen LogP contribution in [0.5, 0.6) is 5.75 Å². The Morgan fingerprint density at radius 3 is 2.16 bits per heavy atom. The zero-order valence-electron chi connectivity index (χ0n) is 17.7. The first kappa shape index (κ1) is 21.9. The summed E-state index contributed by atoms with van der Waals surface area (Å²) in [6.45, 7) is 0. The van der Waals surface area contributed by atoms with Crippen molar-refractivity contribution in [2.24, 2.45) is 0 Å². The SMILES string of the molecule is COc1ccc(-c2ccc(Cl)cc2)cc1CS(=O)(=O)c1ccc(C2CCCCC2)cc1. The van der Waals surface area contributed by atoms with Crippen LogP contribution in [-0.2, 0) is 15.6 Å². The van der Waals surface area contributed by atoms with Crippen LogP contribution >= 0.6 is 11.6 Å². The molecule has 4 rings (SSSR count). The van der Waals surface area contributed by atoms with Gasteiger partial charge in [-0.3, -0.25) is 0 Å². The van der Waals surface area contributed by atoms with E-state index in [0.29, 0.717) is 27.1 Å². The zero-order valence-corrected chi connectivity index (χ0v) is 19.3. The van der Waals surface area contributed by atoms with Gasteiger partial charge in [-0.2, -0.15) is 0 Å². The third-order valence-corrected chi connectivity index (χ3v) is 8.05. The van der Waals surface area contributed by atoms with E-state index in [9.17, 15) is 8.42 Å². The number of ether oxygens (including phenoxy) is 1. The van der Waals surface area contributed by atoms with Gasteiger partial charge in [0.1, 0.15) is 5.75 Å². The van der Waals surface area contributed by atoms with Crippen LogP contribution in [0.1, 0.15) is 49.1 Å². The van der Waals surface area contributed by atoms with E-state index in [1.54, 1.807) is 19.2 Å². The van der Waals surface area contributed by atoms with Gasteiger partial charge in [0, 0.05) is 10.6 Å². The summed E-state index contributed by atoms with van der Waals surface area (Å²) in [7, 11) is -1.94. The maximum absolute atomic E-state index is 13.2. The van der Waals surface area contributed by atoms with Gasteiger partial charge in [0.2, 0.25) is 0 Å². The number of halogens is 1. The number of methoxy groups -OCH3 is 1. The minimum absolute atomic E-state index is 0.111. The van der Waals surface area contributed by atoms with Gasteiger partial charge in [0.15, 0.2) is 9.84 Å². The summed E-state index contributed by atoms with van der Waals surface area (Å²) in [5, 5.41) is 0.664. The van der Waals surface area contributed by atoms with Gasteiger partial charge in [-0.05, 0) is 71.8 Å². The highest BCUT2D eigenvalue weighted by molar-refractivity contribution is 7.90. The van der Waals surface area contributed by atoms with Crippen molar-refractivity contribution >= 4 is 21.4 Å². The molecule has 3 aromatic rings. The molecule has 5 heteroatoms. The van der Waals surface area contributed by atoms with Gasteiger partial charge in [-0.15, -0.1) is 0 Å². The molecular formula is C26H27ClO3S. The summed E-state index contributed by atoms with van der Waals surface area (Å²) >= 11 is 5.99. The lowest BCUT2D eigenvalue weighted by Gasteiger charge is -2.22. The van der Waals surface area contributed by atoms with Crippen LogP contribution in [0.2, 0.25) is 5.02 Å². The Morgan fingerprint density at radius 1 is 0.871 bits per heavy atom. The molecular weight excluding hydrogens is 428 g/mol. The largest absolute Gasteiger partial charge is 0.496 e. The second kappa shape index (κ2) is 9.46. The summed E-state index contributed by atoms with van der Waals surface area (Å²) in [5.41, 5.74) is 3.80. The maximum Gasteiger partial charge on any atom is 0.182 e. The van der Waals surface area contributed by atoms with Crippen LogP contribution in [0.15, 0.2) is 71.6 Å². The monoisotopic (exact) mass is 454 g/mol. The number of benzene rings is 3. The molecule has 1 fully saturated rings. The van der Waals surface area contributed by atoms with E-state index in [1.807, 2.05) is 54.6 Å². The Morgan fingerprint density at radius 2 is 1.52 bits per heavy atom. The van der Waals surface area contributed by atoms with Crippen molar-refractivity contribution in [2.45, 2.75) is 48.7 Å². The Balaban J connectivity index is 1.59. The topological polar surface area (TPSA) is 43.4 Å². The molecule has 0 amide bonds. The standard InChI is InChI=1S/C26H27ClO3S/c1-30-26-16-11-22(21-7-12-24(27)13-8-21)17-23(26)18-31(28,29)25-14-9-20(10-15-25)19-5-3-2-4-6-19/h7-17,19H,2-6,18H2,1H3. The fraction of sp³-hybridized carbons (Fsp3) is 0.308. The van der Waals surface area contributed by atoms with Gasteiger partial charge in [0.05, 0.1) is 17.8 Å². The van der Waals surface area contributed by atoms with Crippen molar-refractivity contribution in [3.05, 3.63) is 82.9 Å². The van der Waals surface area contributed by atoms with Crippen LogP contribution in [0.25, 0.3) is 11.1 Å². The van der Waals surface area contributed by atoms with Crippen molar-refractivity contribution < 1.29 is 13.2 Å². The van der Waals surface area contributed by atoms with Crippen LogP contribution < -0.4 is 4.74 Å². The van der Waals surface area contributed by atoms with E-state index >= 15 is 0 Å². The van der Waals surface area contributed by atoms with Crippen LogP contribution in [0, 0.1) is 0 Å². The first-order chi connectivity index (χ1) is 15.0. The molecule has 0 bridgehead atoms. The van der Waals surface area contributed by atoms with E-state index in [4.69, 9.17) is 16.3 Å². The van der Waals surface area contributed by atoms with Gasteiger partial charge in [0.25, 0.3) is 0 Å². The molecule has 0 N–H and O–H groups in total. The number of hydrogen-bond acceptors (Lipinski definition) is 3. The van der Waals surface area contributed by atoms with Crippen LogP contribution in [-0.4, -0.2) is 15.5 Å². The lowest BCUT2D eigenvalue weighted by Crippen LogP contribution is -2.08. The normalized spacial score (nSPS) is 15.0. The Hall–Kier alpha value is -2.30. The Labute approximate surface area is 190 Å². The smallest absolute Gasteiger partial charge is 0.182 e. The molecule has 0 aliphatic heterocycles. The van der Waals surface area contributed by atoms with E-state index in [2.05, 4.69) is 0 Å².